The van der Waals surface area contributed by atoms with Crippen molar-refractivity contribution in [3.8, 4) is 0 Å². The second kappa shape index (κ2) is 5.72. The van der Waals surface area contributed by atoms with Crippen LogP contribution in [0.4, 0.5) is 5.13 Å². The summed E-state index contributed by atoms with van der Waals surface area (Å²) >= 11 is 8.65. The standard InChI is InChI=1S/C10H9ClN4O2S2/c1-15(2)9-13-14-10(19-9)18-7-6(11)3-5(4-12-7)8(16)17/h3-4H,1-2H3,(H,16,17). The summed E-state index contributed by atoms with van der Waals surface area (Å²) < 4.78 is 0.696. The Balaban J connectivity index is 2.20. The molecule has 2 heterocycles. The van der Waals surface area contributed by atoms with Crippen LogP contribution in [0.1, 0.15) is 10.4 Å². The van der Waals surface area contributed by atoms with Crippen molar-refractivity contribution in [1.29, 1.82) is 0 Å². The van der Waals surface area contributed by atoms with Crippen molar-refractivity contribution in [3.63, 3.8) is 0 Å². The minimum Gasteiger partial charge on any atom is -0.478 e. The third kappa shape index (κ3) is 3.34. The predicted octanol–water partition coefficient (Wildman–Crippen LogP) is 2.50. The lowest BCUT2D eigenvalue weighted by atomic mass is 10.3. The molecule has 0 atom stereocenters. The van der Waals surface area contributed by atoms with Gasteiger partial charge < -0.3 is 10.0 Å². The maximum atomic E-state index is 10.8. The van der Waals surface area contributed by atoms with E-state index in [-0.39, 0.29) is 10.6 Å². The van der Waals surface area contributed by atoms with E-state index in [2.05, 4.69) is 15.2 Å². The SMILES string of the molecule is CN(C)c1nnc(Sc2ncc(C(=O)O)cc2Cl)s1. The van der Waals surface area contributed by atoms with E-state index in [4.69, 9.17) is 16.7 Å². The predicted molar refractivity (Wildman–Crippen MR) is 74.6 cm³/mol. The average Bonchev–Trinajstić information content (AvgIpc) is 2.80. The number of carboxylic acids is 1. The smallest absolute Gasteiger partial charge is 0.337 e. The molecule has 2 aromatic heterocycles. The van der Waals surface area contributed by atoms with Gasteiger partial charge in [0.2, 0.25) is 5.13 Å². The Morgan fingerprint density at radius 2 is 2.21 bits per heavy atom. The van der Waals surface area contributed by atoms with Gasteiger partial charge in [-0.3, -0.25) is 0 Å². The van der Waals surface area contributed by atoms with Crippen molar-refractivity contribution in [1.82, 2.24) is 15.2 Å². The summed E-state index contributed by atoms with van der Waals surface area (Å²) in [6.07, 6.45) is 1.27. The van der Waals surface area contributed by atoms with Gasteiger partial charge in [0.25, 0.3) is 0 Å². The molecule has 1 N–H and O–H groups in total. The Labute approximate surface area is 122 Å². The Bertz CT molecular complexity index is 617. The number of hydrogen-bond acceptors (Lipinski definition) is 7. The molecule has 0 amide bonds. The first-order chi connectivity index (χ1) is 8.97. The van der Waals surface area contributed by atoms with Crippen molar-refractivity contribution < 1.29 is 9.90 Å². The molecule has 6 nitrogen and oxygen atoms in total. The molecule has 0 aliphatic carbocycles. The molecule has 0 radical (unpaired) electrons. The zero-order valence-corrected chi connectivity index (χ0v) is 12.4. The summed E-state index contributed by atoms with van der Waals surface area (Å²) in [7, 11) is 3.75. The van der Waals surface area contributed by atoms with Gasteiger partial charge >= 0.3 is 5.97 Å². The molecule has 0 aliphatic heterocycles. The van der Waals surface area contributed by atoms with Crippen LogP contribution in [0.5, 0.6) is 0 Å². The molecular formula is C10H9ClN4O2S2. The number of carboxylic acid groups (broad SMARTS) is 1. The Kier molecular flexibility index (Phi) is 4.23. The van der Waals surface area contributed by atoms with Gasteiger partial charge in [0.05, 0.1) is 10.6 Å². The van der Waals surface area contributed by atoms with Crippen LogP contribution in [0.25, 0.3) is 0 Å². The second-order valence-electron chi connectivity index (χ2n) is 3.66. The number of aromatic nitrogens is 3. The number of carbonyl (C=O) groups is 1. The summed E-state index contributed by atoms with van der Waals surface area (Å²) in [6.45, 7) is 0. The van der Waals surface area contributed by atoms with Crippen LogP contribution in [0.2, 0.25) is 5.02 Å². The first-order valence-corrected chi connectivity index (χ1v) is 7.06. The van der Waals surface area contributed by atoms with Crippen molar-refractivity contribution in [3.05, 3.63) is 22.8 Å². The Morgan fingerprint density at radius 1 is 1.47 bits per heavy atom. The highest BCUT2D eigenvalue weighted by Gasteiger charge is 2.13. The van der Waals surface area contributed by atoms with Gasteiger partial charge in [0.15, 0.2) is 4.34 Å². The number of halogens is 1. The Morgan fingerprint density at radius 3 is 2.74 bits per heavy atom. The third-order valence-electron chi connectivity index (χ3n) is 2.02. The van der Waals surface area contributed by atoms with Crippen LogP contribution in [0, 0.1) is 0 Å². The van der Waals surface area contributed by atoms with E-state index in [0.29, 0.717) is 9.37 Å². The molecule has 0 spiro atoms. The van der Waals surface area contributed by atoms with Gasteiger partial charge in [-0.25, -0.2) is 9.78 Å². The average molecular weight is 317 g/mol. The molecule has 0 fully saturated rings. The molecule has 0 saturated heterocycles. The summed E-state index contributed by atoms with van der Waals surface area (Å²) in [5.74, 6) is -1.06. The van der Waals surface area contributed by atoms with Gasteiger partial charge in [0.1, 0.15) is 5.03 Å². The van der Waals surface area contributed by atoms with E-state index in [9.17, 15) is 4.79 Å². The second-order valence-corrected chi connectivity index (χ2v) is 6.26. The van der Waals surface area contributed by atoms with E-state index in [1.807, 2.05) is 19.0 Å². The van der Waals surface area contributed by atoms with Gasteiger partial charge in [-0.1, -0.05) is 22.9 Å². The Hall–Kier alpha value is -1.38. The zero-order valence-electron chi connectivity index (χ0n) is 9.99. The van der Waals surface area contributed by atoms with Crippen molar-refractivity contribution >= 4 is 45.8 Å². The molecule has 0 saturated carbocycles. The molecule has 0 unspecified atom stereocenters. The fraction of sp³-hybridized carbons (Fsp3) is 0.200. The van der Waals surface area contributed by atoms with Crippen LogP contribution >= 0.6 is 34.7 Å². The van der Waals surface area contributed by atoms with Crippen LogP contribution < -0.4 is 4.90 Å². The molecule has 2 aromatic rings. The fourth-order valence-electron chi connectivity index (χ4n) is 1.12. The normalized spacial score (nSPS) is 10.5. The molecular weight excluding hydrogens is 308 g/mol. The first kappa shape index (κ1) is 14.0. The molecule has 0 bridgehead atoms. The lowest BCUT2D eigenvalue weighted by Gasteiger charge is -2.04. The number of rotatable bonds is 4. The molecule has 2 rings (SSSR count). The molecule has 9 heteroatoms. The summed E-state index contributed by atoms with van der Waals surface area (Å²) in [6, 6.07) is 1.37. The largest absolute Gasteiger partial charge is 0.478 e. The van der Waals surface area contributed by atoms with Crippen LogP contribution in [0.3, 0.4) is 0 Å². The van der Waals surface area contributed by atoms with Gasteiger partial charge in [-0.05, 0) is 17.8 Å². The molecule has 0 aromatic carbocycles. The minimum absolute atomic E-state index is 0.0561. The summed E-state index contributed by atoms with van der Waals surface area (Å²) in [5.41, 5.74) is 0.0561. The van der Waals surface area contributed by atoms with Crippen molar-refractivity contribution in [2.75, 3.05) is 19.0 Å². The number of anilines is 1. The first-order valence-electron chi connectivity index (χ1n) is 5.05. The third-order valence-corrected chi connectivity index (χ3v) is 4.58. The quantitative estimate of drug-likeness (QED) is 0.928. The van der Waals surface area contributed by atoms with Crippen LogP contribution in [0.15, 0.2) is 21.6 Å². The van der Waals surface area contributed by atoms with E-state index < -0.39 is 5.97 Å². The maximum Gasteiger partial charge on any atom is 0.337 e. The van der Waals surface area contributed by atoms with Crippen LogP contribution in [-0.4, -0.2) is 40.4 Å². The lowest BCUT2D eigenvalue weighted by Crippen LogP contribution is -2.07. The van der Waals surface area contributed by atoms with Gasteiger partial charge in [0, 0.05) is 20.3 Å². The highest BCUT2D eigenvalue weighted by atomic mass is 35.5. The zero-order chi connectivity index (χ0) is 14.0. The highest BCUT2D eigenvalue weighted by Crippen LogP contribution is 2.35. The molecule has 100 valence electrons. The number of pyridine rings is 1. The number of nitrogens with zero attached hydrogens (tertiary/aromatic N) is 4. The van der Waals surface area contributed by atoms with Crippen LogP contribution in [-0.2, 0) is 0 Å². The minimum atomic E-state index is -1.06. The van der Waals surface area contributed by atoms with Crippen molar-refractivity contribution in [2.24, 2.45) is 0 Å². The fourth-order valence-corrected chi connectivity index (χ4v) is 3.04. The van der Waals surface area contributed by atoms with E-state index in [1.54, 1.807) is 0 Å². The van der Waals surface area contributed by atoms with Gasteiger partial charge in [-0.2, -0.15) is 0 Å². The number of hydrogen-bond donors (Lipinski definition) is 1. The monoisotopic (exact) mass is 316 g/mol. The molecule has 0 aliphatic rings. The maximum absolute atomic E-state index is 10.8. The topological polar surface area (TPSA) is 79.2 Å². The highest BCUT2D eigenvalue weighted by molar-refractivity contribution is 8.01. The van der Waals surface area contributed by atoms with E-state index in [1.165, 1.54) is 35.4 Å². The summed E-state index contributed by atoms with van der Waals surface area (Å²) in [5, 5.41) is 18.4. The number of aromatic carboxylic acids is 1. The lowest BCUT2D eigenvalue weighted by molar-refractivity contribution is 0.0696. The molecule has 19 heavy (non-hydrogen) atoms. The van der Waals surface area contributed by atoms with E-state index in [0.717, 1.165) is 5.13 Å². The van der Waals surface area contributed by atoms with Crippen molar-refractivity contribution in [2.45, 2.75) is 9.37 Å². The van der Waals surface area contributed by atoms with E-state index >= 15 is 0 Å². The van der Waals surface area contributed by atoms with Gasteiger partial charge in [-0.15, -0.1) is 10.2 Å². The summed E-state index contributed by atoms with van der Waals surface area (Å²) in [4.78, 5) is 16.6.